The van der Waals surface area contributed by atoms with E-state index in [1.807, 2.05) is 54.9 Å². The van der Waals surface area contributed by atoms with Crippen LogP contribution in [0.5, 0.6) is 0 Å². The molecule has 0 spiro atoms. The first-order chi connectivity index (χ1) is 15.2. The molecular formula is C18H36Cl2O10P2W. The van der Waals surface area contributed by atoms with Crippen molar-refractivity contribution in [3.05, 3.63) is 0 Å². The topological polar surface area (TPSA) is 124 Å². The van der Waals surface area contributed by atoms with Gasteiger partial charge in [-0.1, -0.05) is 0 Å². The van der Waals surface area contributed by atoms with Crippen LogP contribution in [-0.2, 0) is 67.4 Å². The molecule has 2 fully saturated rings. The summed E-state index contributed by atoms with van der Waals surface area (Å²) in [6.07, 6.45) is 1.90. The zero-order valence-corrected chi connectivity index (χ0v) is 25.9. The van der Waals surface area contributed by atoms with Crippen molar-refractivity contribution in [2.75, 3.05) is 39.6 Å². The Labute approximate surface area is 224 Å². The summed E-state index contributed by atoms with van der Waals surface area (Å²) >= 11 is 11.9. The van der Waals surface area contributed by atoms with E-state index in [1.54, 1.807) is 0 Å². The minimum atomic E-state index is -1.12. The molecule has 0 aromatic carbocycles. The fourth-order valence-electron chi connectivity index (χ4n) is 1.31. The van der Waals surface area contributed by atoms with Crippen molar-refractivity contribution in [1.82, 2.24) is 0 Å². The molecule has 2 aliphatic heterocycles. The van der Waals surface area contributed by atoms with Crippen LogP contribution in [0, 0.1) is 0 Å². The fraction of sp³-hybridized carbons (Fsp3) is 0.778. The molecule has 0 radical (unpaired) electrons. The van der Waals surface area contributed by atoms with Crippen molar-refractivity contribution in [2.24, 2.45) is 0 Å². The maximum Gasteiger partial charge on any atom is 0.332 e. The summed E-state index contributed by atoms with van der Waals surface area (Å²) in [7, 11) is -2.24. The Balaban J connectivity index is -0.000000119. The zero-order valence-electron chi connectivity index (χ0n) is 19.6. The molecule has 2 saturated heterocycles. The van der Waals surface area contributed by atoms with Crippen LogP contribution in [0.25, 0.3) is 0 Å². The third-order valence-corrected chi connectivity index (χ3v) is 4.86. The molecule has 0 unspecified atom stereocenters. The van der Waals surface area contributed by atoms with E-state index >= 15 is 0 Å². The van der Waals surface area contributed by atoms with E-state index in [4.69, 9.17) is 69.5 Å². The average molecular weight is 729 g/mol. The van der Waals surface area contributed by atoms with Gasteiger partial charge in [0.2, 0.25) is 0 Å². The minimum absolute atomic E-state index is 0. The van der Waals surface area contributed by atoms with Crippen molar-refractivity contribution < 1.29 is 67.4 Å². The summed E-state index contributed by atoms with van der Waals surface area (Å²) in [6.45, 7) is 19.4. The van der Waals surface area contributed by atoms with Crippen LogP contribution in [0.2, 0.25) is 0 Å². The van der Waals surface area contributed by atoms with E-state index in [0.717, 1.165) is 39.3 Å². The first kappa shape index (κ1) is 43.6. The van der Waals surface area contributed by atoms with Crippen LogP contribution in [-0.4, -0.2) is 76.5 Å². The summed E-state index contributed by atoms with van der Waals surface area (Å²) < 4.78 is 31.6. The van der Waals surface area contributed by atoms with Gasteiger partial charge in [-0.15, -0.1) is 23.2 Å². The molecule has 0 atom stereocenters. The second-order valence-corrected chi connectivity index (χ2v) is 11.0. The number of carbonyl (C=O) groups excluding carboxylic acids is 4. The average Bonchev–Trinajstić information content (AvgIpc) is 2.82. The smallest absolute Gasteiger partial charge is 0.312 e. The van der Waals surface area contributed by atoms with Crippen LogP contribution in [0.15, 0.2) is 0 Å². The van der Waals surface area contributed by atoms with Gasteiger partial charge in [-0.3, -0.25) is 0 Å². The van der Waals surface area contributed by atoms with E-state index in [9.17, 15) is 0 Å². The first-order valence-electron chi connectivity index (χ1n) is 9.07. The van der Waals surface area contributed by atoms with E-state index in [1.165, 1.54) is 0 Å². The van der Waals surface area contributed by atoms with Crippen LogP contribution < -0.4 is 0 Å². The molecule has 198 valence electrons. The Hall–Kier alpha value is 0.568. The predicted molar refractivity (Wildman–Crippen MR) is 127 cm³/mol. The fourth-order valence-corrected chi connectivity index (χ4v) is 3.99. The number of alkyl halides is 2. The van der Waals surface area contributed by atoms with Gasteiger partial charge >= 0.3 is 17.2 Å². The molecule has 2 heterocycles. The van der Waals surface area contributed by atoms with E-state index in [-0.39, 0.29) is 30.8 Å². The van der Waals surface area contributed by atoms with Gasteiger partial charge in [0.05, 0.1) is 49.4 Å². The van der Waals surface area contributed by atoms with Crippen molar-refractivity contribution in [3.63, 3.8) is 0 Å². The largest absolute Gasteiger partial charge is 0.332 e. The Morgan fingerprint density at radius 1 is 0.636 bits per heavy atom. The SMILES string of the molecule is C=O.C=O.C=O.C=O.CC(C)(Cl)COP1OCCCO1.CC(C)(Cl)COP1OCCCO1.[W]. The van der Waals surface area contributed by atoms with Crippen LogP contribution in [0.4, 0.5) is 0 Å². The predicted octanol–water partition coefficient (Wildman–Crippen LogP) is 4.63. The molecule has 0 bridgehead atoms. The molecule has 2 rings (SSSR count). The Kier molecular flexibility index (Phi) is 40.5. The molecule has 0 aromatic heterocycles. The van der Waals surface area contributed by atoms with E-state index < -0.39 is 17.2 Å². The maximum absolute atomic E-state index is 8.00. The third kappa shape index (κ3) is 37.3. The van der Waals surface area contributed by atoms with Crippen molar-refractivity contribution in [1.29, 1.82) is 0 Å². The van der Waals surface area contributed by atoms with Gasteiger partial charge in [-0.25, -0.2) is 0 Å². The molecule has 0 aliphatic carbocycles. The van der Waals surface area contributed by atoms with Gasteiger partial charge in [0.15, 0.2) is 0 Å². The Morgan fingerprint density at radius 2 is 0.848 bits per heavy atom. The Morgan fingerprint density at radius 3 is 1.03 bits per heavy atom. The number of hydrogen-bond donors (Lipinski definition) is 0. The summed E-state index contributed by atoms with van der Waals surface area (Å²) in [4.78, 5) is 31.3. The van der Waals surface area contributed by atoms with Crippen molar-refractivity contribution >= 4 is 67.6 Å². The number of halogens is 2. The molecule has 33 heavy (non-hydrogen) atoms. The third-order valence-electron chi connectivity index (χ3n) is 2.39. The molecule has 0 aromatic rings. The molecule has 10 nitrogen and oxygen atoms in total. The van der Waals surface area contributed by atoms with Gasteiger partial charge in [-0.2, -0.15) is 0 Å². The second-order valence-electron chi connectivity index (χ2n) is 6.47. The summed E-state index contributed by atoms with van der Waals surface area (Å²) in [5.74, 6) is 0. The van der Waals surface area contributed by atoms with Crippen molar-refractivity contribution in [2.45, 2.75) is 50.3 Å². The van der Waals surface area contributed by atoms with Gasteiger partial charge in [-0.05, 0) is 40.5 Å². The second kappa shape index (κ2) is 30.6. The molecule has 0 saturated carbocycles. The number of rotatable bonds is 6. The number of hydrogen-bond acceptors (Lipinski definition) is 10. The molecule has 0 N–H and O–H groups in total. The molecule has 0 amide bonds. The van der Waals surface area contributed by atoms with E-state index in [0.29, 0.717) is 13.2 Å². The Bertz CT molecular complexity index is 355. The summed E-state index contributed by atoms with van der Waals surface area (Å²) in [6, 6.07) is 0. The van der Waals surface area contributed by atoms with Gasteiger partial charge in [0.1, 0.15) is 27.2 Å². The van der Waals surface area contributed by atoms with Gasteiger partial charge in [0, 0.05) is 21.1 Å². The normalized spacial score (nSPS) is 15.9. The summed E-state index contributed by atoms with van der Waals surface area (Å²) in [5, 5.41) is 0. The standard InChI is InChI=1S/2C7H14ClO3P.4CH2O.W/c2*1-7(2,8)6-11-12-9-4-3-5-10-12;4*1-2;/h2*3-6H2,1-2H3;4*1H2;. The van der Waals surface area contributed by atoms with E-state index in [2.05, 4.69) is 0 Å². The van der Waals surface area contributed by atoms with Gasteiger partial charge in [0.25, 0.3) is 0 Å². The maximum atomic E-state index is 8.00. The van der Waals surface area contributed by atoms with Crippen LogP contribution in [0.1, 0.15) is 40.5 Å². The van der Waals surface area contributed by atoms with Crippen LogP contribution >= 0.6 is 40.4 Å². The quantitative estimate of drug-likeness (QED) is 0.283. The van der Waals surface area contributed by atoms with Crippen LogP contribution in [0.3, 0.4) is 0 Å². The number of carbonyl (C=O) groups is 4. The first-order valence-corrected chi connectivity index (χ1v) is 12.0. The molecule has 15 heteroatoms. The summed E-state index contributed by atoms with van der Waals surface area (Å²) in [5.41, 5.74) is 0. The molecule has 2 aliphatic rings. The monoisotopic (exact) mass is 728 g/mol. The minimum Gasteiger partial charge on any atom is -0.312 e. The van der Waals surface area contributed by atoms with Gasteiger partial charge < -0.3 is 46.3 Å². The van der Waals surface area contributed by atoms with Crippen molar-refractivity contribution in [3.8, 4) is 0 Å². The molecular weight excluding hydrogens is 693 g/mol. The zero-order chi connectivity index (χ0) is 26.1.